The Balaban J connectivity index is -0.0000000835. The largest absolute Gasteiger partial charge is 0.106 e. The third-order valence-electron chi connectivity index (χ3n) is 0.866. The molecule has 0 aliphatic heterocycles. The Morgan fingerprint density at radius 1 is 1.09 bits per heavy atom. The van der Waals surface area contributed by atoms with E-state index in [4.69, 9.17) is 0 Å². The van der Waals surface area contributed by atoms with Gasteiger partial charge >= 0.3 is 0 Å². The lowest BCUT2D eigenvalue weighted by molar-refractivity contribution is 0.983. The van der Waals surface area contributed by atoms with Gasteiger partial charge in [0.25, 0.3) is 0 Å². The lowest BCUT2D eigenvalue weighted by atomic mass is 10.5. The summed E-state index contributed by atoms with van der Waals surface area (Å²) >= 11 is 0. The van der Waals surface area contributed by atoms with Crippen molar-refractivity contribution in [3.63, 3.8) is 0 Å². The predicted molar refractivity (Wildman–Crippen MR) is 57.0 cm³/mol. The maximum absolute atomic E-state index is 3.00. The fraction of sp³-hybridized carbons (Fsp3) is 0.818. The molecule has 0 aromatic carbocycles. The summed E-state index contributed by atoms with van der Waals surface area (Å²) in [6.45, 7) is 16.5. The SMILES string of the molecule is C=C.CC.CC1CC1.CCC. The Kier molecular flexibility index (Phi) is 34.9. The highest BCUT2D eigenvalue weighted by atomic mass is 14.2. The van der Waals surface area contributed by atoms with Gasteiger partial charge in [-0.05, 0) is 5.92 Å². The van der Waals surface area contributed by atoms with Crippen LogP contribution in [0.5, 0.6) is 0 Å². The average Bonchev–Trinajstić information content (AvgIpc) is 2.82. The summed E-state index contributed by atoms with van der Waals surface area (Å²) < 4.78 is 0. The summed E-state index contributed by atoms with van der Waals surface area (Å²) in [5.74, 6) is 1.08. The minimum Gasteiger partial charge on any atom is -0.106 e. The van der Waals surface area contributed by atoms with Crippen LogP contribution in [0, 0.1) is 5.92 Å². The first-order valence-corrected chi connectivity index (χ1v) is 4.81. The van der Waals surface area contributed by atoms with E-state index in [2.05, 4.69) is 33.9 Å². The Hall–Kier alpha value is -0.260. The standard InChI is InChI=1S/C4H8.C3H8.C2H6.C2H4/c1-4-2-3-4;1-3-2;2*1-2/h4H,2-3H2,1H3;3H2,1-2H3;1-2H3;1-2H2. The molecule has 1 rings (SSSR count). The van der Waals surface area contributed by atoms with Gasteiger partial charge in [-0.15, -0.1) is 13.2 Å². The summed E-state index contributed by atoms with van der Waals surface area (Å²) in [4.78, 5) is 0. The second-order valence-corrected chi connectivity index (χ2v) is 2.39. The molecule has 0 nitrogen and oxygen atoms in total. The minimum atomic E-state index is 1.08. The summed E-state index contributed by atoms with van der Waals surface area (Å²) in [6.07, 6.45) is 4.22. The monoisotopic (exact) mass is 158 g/mol. The number of hydrogen-bond acceptors (Lipinski definition) is 0. The summed E-state index contributed by atoms with van der Waals surface area (Å²) in [5, 5.41) is 0. The normalized spacial score (nSPS) is 12.1. The van der Waals surface area contributed by atoms with Crippen molar-refractivity contribution in [1.82, 2.24) is 0 Å². The molecular weight excluding hydrogens is 132 g/mol. The van der Waals surface area contributed by atoms with Crippen LogP contribution in [0.3, 0.4) is 0 Å². The van der Waals surface area contributed by atoms with Crippen LogP contribution >= 0.6 is 0 Å². The van der Waals surface area contributed by atoms with E-state index in [0.29, 0.717) is 0 Å². The van der Waals surface area contributed by atoms with Gasteiger partial charge in [0.2, 0.25) is 0 Å². The Morgan fingerprint density at radius 3 is 1.18 bits per heavy atom. The lowest BCUT2D eigenvalue weighted by Crippen LogP contribution is -1.42. The van der Waals surface area contributed by atoms with Crippen LogP contribution in [0.4, 0.5) is 0 Å². The van der Waals surface area contributed by atoms with Crippen LogP contribution in [0.15, 0.2) is 13.2 Å². The van der Waals surface area contributed by atoms with E-state index in [0.717, 1.165) is 5.92 Å². The van der Waals surface area contributed by atoms with Gasteiger partial charge in [-0.1, -0.05) is 53.9 Å². The van der Waals surface area contributed by atoms with Crippen molar-refractivity contribution in [3.05, 3.63) is 13.2 Å². The third kappa shape index (κ3) is 77.7. The first-order chi connectivity index (χ1) is 5.31. The van der Waals surface area contributed by atoms with Crippen LogP contribution in [0.1, 0.15) is 53.9 Å². The first-order valence-electron chi connectivity index (χ1n) is 4.81. The molecule has 0 aromatic rings. The van der Waals surface area contributed by atoms with Crippen molar-refractivity contribution in [1.29, 1.82) is 0 Å². The van der Waals surface area contributed by atoms with Gasteiger partial charge < -0.3 is 0 Å². The Labute approximate surface area is 73.7 Å². The minimum absolute atomic E-state index is 1.08. The maximum Gasteiger partial charge on any atom is -0.0443 e. The molecule has 11 heavy (non-hydrogen) atoms. The van der Waals surface area contributed by atoms with Crippen molar-refractivity contribution in [2.75, 3.05) is 0 Å². The van der Waals surface area contributed by atoms with E-state index in [1.807, 2.05) is 13.8 Å². The Bertz CT molecular complexity index is 35.3. The zero-order chi connectivity index (χ0) is 9.70. The molecule has 0 atom stereocenters. The zero-order valence-corrected chi connectivity index (χ0v) is 9.11. The van der Waals surface area contributed by atoms with Crippen molar-refractivity contribution in [2.45, 2.75) is 53.9 Å². The molecule has 0 heterocycles. The fourth-order valence-corrected chi connectivity index (χ4v) is 0.167. The van der Waals surface area contributed by atoms with Crippen molar-refractivity contribution in [3.8, 4) is 0 Å². The van der Waals surface area contributed by atoms with Crippen LogP contribution in [0.2, 0.25) is 0 Å². The van der Waals surface area contributed by atoms with Gasteiger partial charge in [0.1, 0.15) is 0 Å². The van der Waals surface area contributed by atoms with Crippen LogP contribution in [-0.4, -0.2) is 0 Å². The molecule has 0 aromatic heterocycles. The average molecular weight is 158 g/mol. The van der Waals surface area contributed by atoms with Crippen molar-refractivity contribution < 1.29 is 0 Å². The third-order valence-corrected chi connectivity index (χ3v) is 0.866. The van der Waals surface area contributed by atoms with Gasteiger partial charge in [0.15, 0.2) is 0 Å². The van der Waals surface area contributed by atoms with Crippen molar-refractivity contribution in [2.24, 2.45) is 5.92 Å². The molecule has 0 saturated heterocycles. The van der Waals surface area contributed by atoms with E-state index < -0.39 is 0 Å². The molecule has 1 fully saturated rings. The van der Waals surface area contributed by atoms with Crippen LogP contribution in [-0.2, 0) is 0 Å². The zero-order valence-electron chi connectivity index (χ0n) is 9.11. The molecule has 1 aliphatic rings. The molecule has 0 heteroatoms. The summed E-state index contributed by atoms with van der Waals surface area (Å²) in [7, 11) is 0. The summed E-state index contributed by atoms with van der Waals surface area (Å²) in [6, 6.07) is 0. The molecule has 0 amide bonds. The fourth-order valence-electron chi connectivity index (χ4n) is 0.167. The summed E-state index contributed by atoms with van der Waals surface area (Å²) in [5.41, 5.74) is 0. The van der Waals surface area contributed by atoms with Gasteiger partial charge in [-0.2, -0.15) is 0 Å². The van der Waals surface area contributed by atoms with E-state index >= 15 is 0 Å². The molecule has 1 aliphatic carbocycles. The van der Waals surface area contributed by atoms with E-state index in [1.54, 1.807) is 0 Å². The number of hydrogen-bond donors (Lipinski definition) is 0. The molecule has 0 radical (unpaired) electrons. The van der Waals surface area contributed by atoms with E-state index in [-0.39, 0.29) is 0 Å². The molecule has 0 unspecified atom stereocenters. The van der Waals surface area contributed by atoms with Crippen LogP contribution in [0.25, 0.3) is 0 Å². The quantitative estimate of drug-likeness (QED) is 0.450. The van der Waals surface area contributed by atoms with Gasteiger partial charge in [0, 0.05) is 0 Å². The van der Waals surface area contributed by atoms with Crippen molar-refractivity contribution >= 4 is 0 Å². The van der Waals surface area contributed by atoms with Gasteiger partial charge in [-0.3, -0.25) is 0 Å². The second kappa shape index (κ2) is 22.6. The van der Waals surface area contributed by atoms with E-state index in [9.17, 15) is 0 Å². The molecular formula is C11H26. The lowest BCUT2D eigenvalue weighted by Gasteiger charge is -1.53. The maximum atomic E-state index is 3.00. The molecule has 0 N–H and O–H groups in total. The molecule has 0 spiro atoms. The van der Waals surface area contributed by atoms with E-state index in [1.165, 1.54) is 19.3 Å². The van der Waals surface area contributed by atoms with Gasteiger partial charge in [-0.25, -0.2) is 0 Å². The van der Waals surface area contributed by atoms with Crippen LogP contribution < -0.4 is 0 Å². The predicted octanol–water partition coefficient (Wildman–Crippen LogP) is 4.66. The highest BCUT2D eigenvalue weighted by Gasteiger charge is 2.12. The topological polar surface area (TPSA) is 0 Å². The smallest absolute Gasteiger partial charge is 0.0443 e. The highest BCUT2D eigenvalue weighted by molar-refractivity contribution is 4.65. The molecule has 0 bridgehead atoms. The first kappa shape index (κ1) is 17.0. The molecule has 1 saturated carbocycles. The van der Waals surface area contributed by atoms with Gasteiger partial charge in [0.05, 0.1) is 0 Å². The Morgan fingerprint density at radius 2 is 1.18 bits per heavy atom. The molecule has 70 valence electrons. The second-order valence-electron chi connectivity index (χ2n) is 2.39. The number of rotatable bonds is 0. The highest BCUT2D eigenvalue weighted by Crippen LogP contribution is 2.26.